The van der Waals surface area contributed by atoms with E-state index in [1.54, 1.807) is 0 Å². The van der Waals surface area contributed by atoms with E-state index in [0.29, 0.717) is 24.4 Å². The average molecular weight is 365 g/mol. The summed E-state index contributed by atoms with van der Waals surface area (Å²) in [5.41, 5.74) is 0.344. The number of amides is 2. The Kier molecular flexibility index (Phi) is 5.14. The zero-order valence-corrected chi connectivity index (χ0v) is 14.4. The minimum Gasteiger partial charge on any atom is -0.479 e. The number of benzene rings is 1. The van der Waals surface area contributed by atoms with Crippen LogP contribution in [-0.4, -0.2) is 41.5 Å². The molecule has 0 spiro atoms. The van der Waals surface area contributed by atoms with Crippen molar-refractivity contribution >= 4 is 23.4 Å². The molecule has 0 bridgehead atoms. The van der Waals surface area contributed by atoms with E-state index in [0.717, 1.165) is 18.9 Å². The molecule has 1 aromatic rings. The second-order valence-electron chi connectivity index (χ2n) is 6.09. The molecule has 0 unspecified atom stereocenters. The van der Waals surface area contributed by atoms with Crippen LogP contribution >= 0.6 is 11.6 Å². The molecule has 1 aromatic carbocycles. The van der Waals surface area contributed by atoms with E-state index < -0.39 is 11.7 Å². The molecule has 2 saturated heterocycles. The summed E-state index contributed by atoms with van der Waals surface area (Å²) in [6.07, 6.45) is 7.42. The molecule has 0 aliphatic carbocycles. The summed E-state index contributed by atoms with van der Waals surface area (Å²) in [6, 6.07) is 2.64. The molecule has 0 saturated carbocycles. The lowest BCUT2D eigenvalue weighted by atomic mass is 9.98. The van der Waals surface area contributed by atoms with Crippen LogP contribution in [0.3, 0.4) is 0 Å². The summed E-state index contributed by atoms with van der Waals surface area (Å²) in [7, 11) is 0. The second-order valence-corrected chi connectivity index (χ2v) is 6.50. The monoisotopic (exact) mass is 364 g/mol. The number of fused-ring (bicyclic) bond motifs is 1. The maximum Gasteiger partial charge on any atom is 0.253 e. The van der Waals surface area contributed by atoms with Gasteiger partial charge in [0.1, 0.15) is 24.1 Å². The van der Waals surface area contributed by atoms with Crippen molar-refractivity contribution in [2.75, 3.05) is 19.7 Å². The molecule has 132 valence electrons. The number of nitrogens with zero attached hydrogens (tertiary/aromatic N) is 2. The predicted molar refractivity (Wildman–Crippen MR) is 90.2 cm³/mol. The zero-order valence-electron chi connectivity index (χ0n) is 13.6. The Labute approximate surface area is 150 Å². The van der Waals surface area contributed by atoms with Crippen molar-refractivity contribution in [3.63, 3.8) is 0 Å². The number of ether oxygens (including phenoxy) is 1. The zero-order chi connectivity index (χ0) is 18.0. The van der Waals surface area contributed by atoms with Gasteiger partial charge in [-0.05, 0) is 43.4 Å². The largest absolute Gasteiger partial charge is 0.479 e. The average Bonchev–Trinajstić information content (AvgIpc) is 2.85. The van der Waals surface area contributed by atoms with E-state index >= 15 is 0 Å². The van der Waals surface area contributed by atoms with Crippen LogP contribution in [0, 0.1) is 24.1 Å². The third kappa shape index (κ3) is 3.42. The number of aryl methyl sites for hydroxylation is 1. The molecule has 0 N–H and O–H groups in total. The summed E-state index contributed by atoms with van der Waals surface area (Å²) < 4.78 is 19.4. The van der Waals surface area contributed by atoms with E-state index in [1.165, 1.54) is 16.1 Å². The molecule has 2 aliphatic heterocycles. The first-order chi connectivity index (χ1) is 12.0. The van der Waals surface area contributed by atoms with Gasteiger partial charge in [-0.3, -0.25) is 19.6 Å². The van der Waals surface area contributed by atoms with Crippen molar-refractivity contribution in [3.8, 4) is 18.1 Å². The van der Waals surface area contributed by atoms with E-state index in [-0.39, 0.29) is 36.3 Å². The molecule has 0 atom stereocenters. The number of hydrogen-bond donors (Lipinski definition) is 0. The molecular weight excluding hydrogens is 347 g/mol. The van der Waals surface area contributed by atoms with Gasteiger partial charge in [0.25, 0.3) is 11.8 Å². The number of hydrazine groups is 1. The Hall–Kier alpha value is -2.26. The van der Waals surface area contributed by atoms with E-state index in [9.17, 15) is 14.0 Å². The maximum absolute atomic E-state index is 14.1. The standard InChI is InChI=1S/C18H18ClFN2O3/c1-2-9-25-16-10-12(15(20)11-14(16)19)5-6-13-17(23)21-7-3-4-8-22(21)18(13)24/h1,10-11,13H,3-9H2. The summed E-state index contributed by atoms with van der Waals surface area (Å²) >= 11 is 5.94. The fourth-order valence-corrected chi connectivity index (χ4v) is 3.43. The number of terminal acetylenes is 1. The Morgan fingerprint density at radius 2 is 1.88 bits per heavy atom. The normalized spacial score (nSPS) is 17.6. The highest BCUT2D eigenvalue weighted by Gasteiger charge is 2.45. The minimum atomic E-state index is -0.747. The van der Waals surface area contributed by atoms with Gasteiger partial charge in [-0.1, -0.05) is 17.5 Å². The Morgan fingerprint density at radius 3 is 2.48 bits per heavy atom. The SMILES string of the molecule is C#CCOc1cc(CCC2C(=O)N3CCCCN3C2=O)c(F)cc1Cl. The summed E-state index contributed by atoms with van der Waals surface area (Å²) in [5, 5.41) is 3.18. The third-order valence-corrected chi connectivity index (χ3v) is 4.80. The third-order valence-electron chi connectivity index (χ3n) is 4.50. The number of carbonyl (C=O) groups excluding carboxylic acids is 2. The molecule has 7 heteroatoms. The lowest BCUT2D eigenvalue weighted by molar-refractivity contribution is -0.150. The number of carbonyl (C=O) groups is 2. The summed E-state index contributed by atoms with van der Waals surface area (Å²) in [6.45, 7) is 1.16. The fraction of sp³-hybridized carbons (Fsp3) is 0.444. The van der Waals surface area contributed by atoms with Crippen molar-refractivity contribution in [1.29, 1.82) is 0 Å². The van der Waals surface area contributed by atoms with Crippen LogP contribution in [0.15, 0.2) is 12.1 Å². The first-order valence-corrected chi connectivity index (χ1v) is 8.57. The Balaban J connectivity index is 1.72. The fourth-order valence-electron chi connectivity index (χ4n) is 3.23. The summed E-state index contributed by atoms with van der Waals surface area (Å²) in [4.78, 5) is 24.8. The molecule has 2 aliphatic rings. The highest BCUT2D eigenvalue weighted by molar-refractivity contribution is 6.32. The highest BCUT2D eigenvalue weighted by atomic mass is 35.5. The van der Waals surface area contributed by atoms with Gasteiger partial charge in [0, 0.05) is 13.1 Å². The van der Waals surface area contributed by atoms with E-state index in [2.05, 4.69) is 5.92 Å². The Bertz CT molecular complexity index is 723. The molecule has 2 heterocycles. The minimum absolute atomic E-state index is 0.0221. The van der Waals surface area contributed by atoms with Gasteiger partial charge in [0.05, 0.1) is 5.02 Å². The van der Waals surface area contributed by atoms with Crippen LogP contribution in [0.4, 0.5) is 4.39 Å². The number of hydrogen-bond acceptors (Lipinski definition) is 3. The highest BCUT2D eigenvalue weighted by Crippen LogP contribution is 2.31. The van der Waals surface area contributed by atoms with Crippen molar-refractivity contribution in [2.45, 2.75) is 25.7 Å². The van der Waals surface area contributed by atoms with Crippen molar-refractivity contribution in [2.24, 2.45) is 5.92 Å². The van der Waals surface area contributed by atoms with Gasteiger partial charge < -0.3 is 4.74 Å². The van der Waals surface area contributed by atoms with E-state index in [1.807, 2.05) is 0 Å². The second kappa shape index (κ2) is 7.32. The van der Waals surface area contributed by atoms with Gasteiger partial charge in [0.15, 0.2) is 0 Å². The molecule has 2 amide bonds. The van der Waals surface area contributed by atoms with Crippen molar-refractivity contribution < 1.29 is 18.7 Å². The molecule has 5 nitrogen and oxygen atoms in total. The van der Waals surface area contributed by atoms with Crippen LogP contribution in [0.5, 0.6) is 5.75 Å². The molecule has 0 aromatic heterocycles. The Morgan fingerprint density at radius 1 is 1.24 bits per heavy atom. The van der Waals surface area contributed by atoms with Gasteiger partial charge in [-0.25, -0.2) is 4.39 Å². The first kappa shape index (κ1) is 17.6. The molecular formula is C18H18ClFN2O3. The van der Waals surface area contributed by atoms with E-state index in [4.69, 9.17) is 22.8 Å². The van der Waals surface area contributed by atoms with Crippen LogP contribution in [0.25, 0.3) is 0 Å². The topological polar surface area (TPSA) is 49.9 Å². The number of halogens is 2. The van der Waals surface area contributed by atoms with Crippen LogP contribution < -0.4 is 4.74 Å². The van der Waals surface area contributed by atoms with Crippen molar-refractivity contribution in [1.82, 2.24) is 10.0 Å². The van der Waals surface area contributed by atoms with Gasteiger partial charge in [-0.15, -0.1) is 6.42 Å². The number of rotatable bonds is 5. The van der Waals surface area contributed by atoms with Gasteiger partial charge in [0.2, 0.25) is 0 Å². The lowest BCUT2D eigenvalue weighted by Crippen LogP contribution is -2.45. The summed E-state index contributed by atoms with van der Waals surface area (Å²) in [5.74, 6) is 0.990. The predicted octanol–water partition coefficient (Wildman–Crippen LogP) is 2.42. The van der Waals surface area contributed by atoms with Crippen LogP contribution in [0.1, 0.15) is 24.8 Å². The molecule has 2 fully saturated rings. The molecule has 0 radical (unpaired) electrons. The van der Waals surface area contributed by atoms with Crippen molar-refractivity contribution in [3.05, 3.63) is 28.5 Å². The quantitative estimate of drug-likeness (QED) is 0.595. The van der Waals surface area contributed by atoms with Gasteiger partial charge >= 0.3 is 0 Å². The smallest absolute Gasteiger partial charge is 0.253 e. The molecule has 25 heavy (non-hydrogen) atoms. The van der Waals surface area contributed by atoms with Crippen LogP contribution in [0.2, 0.25) is 5.02 Å². The maximum atomic E-state index is 14.1. The van der Waals surface area contributed by atoms with Crippen LogP contribution in [-0.2, 0) is 16.0 Å². The van der Waals surface area contributed by atoms with Gasteiger partial charge in [-0.2, -0.15) is 0 Å². The lowest BCUT2D eigenvalue weighted by Gasteiger charge is -2.31. The first-order valence-electron chi connectivity index (χ1n) is 8.19. The molecule has 3 rings (SSSR count).